The van der Waals surface area contributed by atoms with E-state index in [1.807, 2.05) is 27.7 Å². The summed E-state index contributed by atoms with van der Waals surface area (Å²) in [4.78, 5) is 11.4. The second kappa shape index (κ2) is 3.86. The third-order valence-electron chi connectivity index (χ3n) is 2.40. The second-order valence-electron chi connectivity index (χ2n) is 3.24. The Labute approximate surface area is 68.9 Å². The van der Waals surface area contributed by atoms with Gasteiger partial charge in [0.15, 0.2) is 5.78 Å². The van der Waals surface area contributed by atoms with Gasteiger partial charge in [-0.05, 0) is 12.8 Å². The van der Waals surface area contributed by atoms with Gasteiger partial charge in [-0.3, -0.25) is 4.79 Å². The highest BCUT2D eigenvalue weighted by atomic mass is 16.5. The van der Waals surface area contributed by atoms with E-state index in [1.54, 1.807) is 7.11 Å². The van der Waals surface area contributed by atoms with Crippen molar-refractivity contribution in [3.63, 3.8) is 0 Å². The lowest BCUT2D eigenvalue weighted by molar-refractivity contribution is -0.143. The van der Waals surface area contributed by atoms with Gasteiger partial charge in [-0.2, -0.15) is 0 Å². The summed E-state index contributed by atoms with van der Waals surface area (Å²) in [7, 11) is 1.59. The first-order chi connectivity index (χ1) is 4.99. The number of methoxy groups -OCH3 is 1. The van der Waals surface area contributed by atoms with E-state index >= 15 is 0 Å². The summed E-state index contributed by atoms with van der Waals surface area (Å²) in [5.74, 6) is 0.412. The van der Waals surface area contributed by atoms with Crippen LogP contribution in [-0.4, -0.2) is 18.5 Å². The Kier molecular flexibility index (Phi) is 3.73. The van der Waals surface area contributed by atoms with Gasteiger partial charge in [-0.1, -0.05) is 20.8 Å². The van der Waals surface area contributed by atoms with E-state index in [9.17, 15) is 4.79 Å². The monoisotopic (exact) mass is 158 g/mol. The van der Waals surface area contributed by atoms with Gasteiger partial charge >= 0.3 is 0 Å². The zero-order chi connectivity index (χ0) is 9.07. The molecule has 0 aliphatic carbocycles. The molecule has 1 atom stereocenters. The smallest absolute Gasteiger partial charge is 0.164 e. The molecule has 0 amide bonds. The van der Waals surface area contributed by atoms with Crippen molar-refractivity contribution in [1.82, 2.24) is 0 Å². The Morgan fingerprint density at radius 2 is 2.00 bits per heavy atom. The highest BCUT2D eigenvalue weighted by Gasteiger charge is 2.34. The average molecular weight is 158 g/mol. The van der Waals surface area contributed by atoms with Crippen LogP contribution in [0.4, 0.5) is 0 Å². The first kappa shape index (κ1) is 10.6. The Bertz CT molecular complexity index is 140. The fourth-order valence-electron chi connectivity index (χ4n) is 1.02. The van der Waals surface area contributed by atoms with Crippen LogP contribution < -0.4 is 0 Å². The molecule has 11 heavy (non-hydrogen) atoms. The van der Waals surface area contributed by atoms with Gasteiger partial charge < -0.3 is 4.74 Å². The molecule has 0 aliphatic heterocycles. The molecular weight excluding hydrogens is 140 g/mol. The van der Waals surface area contributed by atoms with Crippen LogP contribution >= 0.6 is 0 Å². The van der Waals surface area contributed by atoms with Crippen LogP contribution in [0.3, 0.4) is 0 Å². The van der Waals surface area contributed by atoms with Gasteiger partial charge in [-0.25, -0.2) is 0 Å². The molecule has 0 saturated heterocycles. The normalized spacial score (nSPS) is 16.5. The van der Waals surface area contributed by atoms with Crippen molar-refractivity contribution < 1.29 is 9.53 Å². The highest BCUT2D eigenvalue weighted by Crippen LogP contribution is 2.22. The minimum Gasteiger partial charge on any atom is -0.370 e. The van der Waals surface area contributed by atoms with Crippen molar-refractivity contribution in [3.05, 3.63) is 0 Å². The zero-order valence-corrected chi connectivity index (χ0v) is 8.10. The van der Waals surface area contributed by atoms with Crippen LogP contribution in [0.15, 0.2) is 0 Å². The summed E-state index contributed by atoms with van der Waals surface area (Å²) in [5, 5.41) is 0. The third-order valence-corrected chi connectivity index (χ3v) is 2.40. The first-order valence-electron chi connectivity index (χ1n) is 4.07. The maximum absolute atomic E-state index is 11.4. The summed E-state index contributed by atoms with van der Waals surface area (Å²) in [6.45, 7) is 7.71. The Hall–Kier alpha value is -0.370. The molecule has 0 radical (unpaired) electrons. The van der Waals surface area contributed by atoms with Crippen molar-refractivity contribution in [1.29, 1.82) is 0 Å². The number of ether oxygens (including phenoxy) is 1. The Balaban J connectivity index is 4.45. The molecule has 0 N–H and O–H groups in total. The predicted octanol–water partition coefficient (Wildman–Crippen LogP) is 2.03. The molecule has 0 spiro atoms. The van der Waals surface area contributed by atoms with E-state index in [1.165, 1.54) is 0 Å². The molecule has 0 aromatic carbocycles. The van der Waals surface area contributed by atoms with Crippen molar-refractivity contribution >= 4 is 5.78 Å². The van der Waals surface area contributed by atoms with Crippen molar-refractivity contribution in [3.8, 4) is 0 Å². The molecule has 1 unspecified atom stereocenters. The fraction of sp³-hybridized carbons (Fsp3) is 0.889. The largest absolute Gasteiger partial charge is 0.370 e. The van der Waals surface area contributed by atoms with E-state index in [0.717, 1.165) is 0 Å². The van der Waals surface area contributed by atoms with Crippen molar-refractivity contribution in [2.75, 3.05) is 7.11 Å². The van der Waals surface area contributed by atoms with Crippen molar-refractivity contribution in [2.45, 2.75) is 39.7 Å². The predicted molar refractivity (Wildman–Crippen MR) is 45.6 cm³/mol. The molecule has 2 heteroatoms. The van der Waals surface area contributed by atoms with Gasteiger partial charge in [0.25, 0.3) is 0 Å². The van der Waals surface area contributed by atoms with Gasteiger partial charge in [0, 0.05) is 13.5 Å². The quantitative estimate of drug-likeness (QED) is 0.625. The number of Topliss-reactive ketones (excluding diaryl/α,β-unsaturated/α-hetero) is 1. The molecule has 0 fully saturated rings. The van der Waals surface area contributed by atoms with Gasteiger partial charge in [0.2, 0.25) is 0 Å². The van der Waals surface area contributed by atoms with Crippen LogP contribution in [0.1, 0.15) is 34.1 Å². The lowest BCUT2D eigenvalue weighted by Gasteiger charge is -2.30. The van der Waals surface area contributed by atoms with E-state index < -0.39 is 5.60 Å². The fourth-order valence-corrected chi connectivity index (χ4v) is 1.02. The van der Waals surface area contributed by atoms with Crippen molar-refractivity contribution in [2.24, 2.45) is 5.92 Å². The minimum atomic E-state index is -0.589. The molecule has 2 nitrogen and oxygen atoms in total. The molecule has 0 saturated carbocycles. The number of ketones is 1. The van der Waals surface area contributed by atoms with Crippen LogP contribution in [0, 0.1) is 5.92 Å². The topological polar surface area (TPSA) is 26.3 Å². The van der Waals surface area contributed by atoms with Crippen LogP contribution in [-0.2, 0) is 9.53 Å². The second-order valence-corrected chi connectivity index (χ2v) is 3.24. The molecule has 0 aliphatic rings. The molecular formula is C9H18O2. The summed E-state index contributed by atoms with van der Waals surface area (Å²) in [6, 6.07) is 0. The van der Waals surface area contributed by atoms with Gasteiger partial charge in [-0.15, -0.1) is 0 Å². The molecule has 0 bridgehead atoms. The van der Waals surface area contributed by atoms with Gasteiger partial charge in [0.05, 0.1) is 0 Å². The highest BCUT2D eigenvalue weighted by molar-refractivity contribution is 5.86. The molecule has 0 heterocycles. The van der Waals surface area contributed by atoms with Crippen LogP contribution in [0.25, 0.3) is 0 Å². The standard InChI is InChI=1S/C9H18O2/c1-6-8(10)9(4,11-5)7(2)3/h7H,6H2,1-5H3. The van der Waals surface area contributed by atoms with Gasteiger partial charge in [0.1, 0.15) is 5.60 Å². The van der Waals surface area contributed by atoms with E-state index in [-0.39, 0.29) is 11.7 Å². The van der Waals surface area contributed by atoms with Crippen LogP contribution in [0.2, 0.25) is 0 Å². The number of carbonyl (C=O) groups is 1. The summed E-state index contributed by atoms with van der Waals surface area (Å²) >= 11 is 0. The maximum atomic E-state index is 11.4. The van der Waals surface area contributed by atoms with E-state index in [2.05, 4.69) is 0 Å². The number of carbonyl (C=O) groups excluding carboxylic acids is 1. The number of hydrogen-bond acceptors (Lipinski definition) is 2. The van der Waals surface area contributed by atoms with E-state index in [4.69, 9.17) is 4.74 Å². The minimum absolute atomic E-state index is 0.176. The number of rotatable bonds is 4. The SMILES string of the molecule is CCC(=O)C(C)(OC)C(C)C. The average Bonchev–Trinajstić information content (AvgIpc) is 2.01. The lowest BCUT2D eigenvalue weighted by atomic mass is 9.87. The summed E-state index contributed by atoms with van der Waals surface area (Å²) in [6.07, 6.45) is 0.544. The number of hydrogen-bond donors (Lipinski definition) is 0. The summed E-state index contributed by atoms with van der Waals surface area (Å²) < 4.78 is 5.20. The van der Waals surface area contributed by atoms with E-state index in [0.29, 0.717) is 6.42 Å². The lowest BCUT2D eigenvalue weighted by Crippen LogP contribution is -2.42. The Morgan fingerprint density at radius 3 is 2.09 bits per heavy atom. The zero-order valence-electron chi connectivity index (χ0n) is 8.10. The molecule has 0 aromatic heterocycles. The maximum Gasteiger partial charge on any atom is 0.164 e. The molecule has 0 rings (SSSR count). The molecule has 0 aromatic rings. The Morgan fingerprint density at radius 1 is 1.55 bits per heavy atom. The molecule has 66 valence electrons. The first-order valence-corrected chi connectivity index (χ1v) is 4.07. The van der Waals surface area contributed by atoms with Crippen LogP contribution in [0.5, 0.6) is 0 Å². The third kappa shape index (κ3) is 2.03. The summed E-state index contributed by atoms with van der Waals surface area (Å²) in [5.41, 5.74) is -0.589.